The lowest BCUT2D eigenvalue weighted by molar-refractivity contribution is 0.0675. The monoisotopic (exact) mass is 407 g/mol. The van der Waals surface area contributed by atoms with Crippen molar-refractivity contribution in [2.75, 3.05) is 27.1 Å². The van der Waals surface area contributed by atoms with Gasteiger partial charge in [0.1, 0.15) is 7.11 Å². The topological polar surface area (TPSA) is 104 Å². The highest BCUT2D eigenvalue weighted by molar-refractivity contribution is 6.03. The number of aliphatic hydroxyl groups is 1. The van der Waals surface area contributed by atoms with Crippen molar-refractivity contribution in [1.82, 2.24) is 4.90 Å². The second kappa shape index (κ2) is 8.05. The van der Waals surface area contributed by atoms with Crippen LogP contribution < -0.4 is 9.47 Å². The Morgan fingerprint density at radius 2 is 2.10 bits per heavy atom. The molecule has 8 nitrogen and oxygen atoms in total. The number of oxime groups is 1. The number of carbonyl (C=O) groups excluding carboxylic acids is 1. The second-order valence-corrected chi connectivity index (χ2v) is 7.13. The number of ether oxygens (including phenoxy) is 2. The third-order valence-corrected chi connectivity index (χ3v) is 5.45. The minimum absolute atomic E-state index is 0.00340. The average molecular weight is 407 g/mol. The van der Waals surface area contributed by atoms with Crippen LogP contribution in [-0.4, -0.2) is 54.7 Å². The molecular formula is C22H21N3O5. The number of nitriles is 1. The lowest BCUT2D eigenvalue weighted by Gasteiger charge is -2.23. The Balaban J connectivity index is 1.74. The molecule has 0 radical (unpaired) electrons. The molecule has 8 heteroatoms. The van der Waals surface area contributed by atoms with Gasteiger partial charge in [0.2, 0.25) is 6.79 Å². The van der Waals surface area contributed by atoms with E-state index in [1.54, 1.807) is 23.1 Å². The van der Waals surface area contributed by atoms with Crippen molar-refractivity contribution in [2.45, 2.75) is 19.4 Å². The molecule has 2 aliphatic rings. The smallest absolute Gasteiger partial charge is 0.258 e. The first-order valence-corrected chi connectivity index (χ1v) is 9.52. The summed E-state index contributed by atoms with van der Waals surface area (Å²) in [6, 6.07) is 10.8. The van der Waals surface area contributed by atoms with Gasteiger partial charge in [0.05, 0.1) is 42.1 Å². The number of likely N-dealkylation sites (tertiary alicyclic amines) is 1. The summed E-state index contributed by atoms with van der Waals surface area (Å²) in [4.78, 5) is 19.7. The Bertz CT molecular complexity index is 1070. The van der Waals surface area contributed by atoms with Crippen LogP contribution in [-0.2, 0) is 4.84 Å². The highest BCUT2D eigenvalue weighted by atomic mass is 16.7. The molecule has 2 aromatic carbocycles. The molecule has 2 heterocycles. The van der Waals surface area contributed by atoms with Crippen LogP contribution in [0.25, 0.3) is 11.1 Å². The van der Waals surface area contributed by atoms with Crippen molar-refractivity contribution in [1.29, 1.82) is 5.26 Å². The SMILES string of the molecule is CO/N=C1\C[C@@H](CO)N(C(=O)c2ccc(-c3cccc(C#N)c3C)c3c2OCO3)C1. The molecule has 1 N–H and O–H groups in total. The van der Waals surface area contributed by atoms with Crippen LogP contribution in [0.5, 0.6) is 11.5 Å². The summed E-state index contributed by atoms with van der Waals surface area (Å²) in [7, 11) is 1.45. The molecule has 4 rings (SSSR count). The molecule has 1 atom stereocenters. The van der Waals surface area contributed by atoms with Crippen molar-refractivity contribution >= 4 is 11.6 Å². The number of hydrogen-bond donors (Lipinski definition) is 1. The van der Waals surface area contributed by atoms with Crippen LogP contribution in [0, 0.1) is 18.3 Å². The van der Waals surface area contributed by atoms with Crippen LogP contribution >= 0.6 is 0 Å². The van der Waals surface area contributed by atoms with Gasteiger partial charge in [-0.05, 0) is 36.2 Å². The molecule has 2 aromatic rings. The van der Waals surface area contributed by atoms with Gasteiger partial charge < -0.3 is 24.3 Å². The summed E-state index contributed by atoms with van der Waals surface area (Å²) in [5, 5.41) is 23.0. The van der Waals surface area contributed by atoms with Gasteiger partial charge in [-0.15, -0.1) is 0 Å². The highest BCUT2D eigenvalue weighted by Crippen LogP contribution is 2.45. The quantitative estimate of drug-likeness (QED) is 0.781. The lowest BCUT2D eigenvalue weighted by atomic mass is 9.94. The van der Waals surface area contributed by atoms with E-state index < -0.39 is 0 Å². The van der Waals surface area contributed by atoms with Crippen LogP contribution in [0.15, 0.2) is 35.5 Å². The third kappa shape index (κ3) is 3.23. The van der Waals surface area contributed by atoms with Crippen LogP contribution in [0.2, 0.25) is 0 Å². The molecule has 2 aliphatic heterocycles. The molecule has 0 unspecified atom stereocenters. The first-order valence-electron chi connectivity index (χ1n) is 9.52. The van der Waals surface area contributed by atoms with Crippen molar-refractivity contribution in [3.63, 3.8) is 0 Å². The van der Waals surface area contributed by atoms with Crippen LogP contribution in [0.1, 0.15) is 27.9 Å². The number of nitrogens with zero attached hydrogens (tertiary/aromatic N) is 3. The Morgan fingerprint density at radius 1 is 1.30 bits per heavy atom. The fourth-order valence-electron chi connectivity index (χ4n) is 3.95. The molecule has 0 bridgehead atoms. The molecule has 154 valence electrons. The van der Waals surface area contributed by atoms with E-state index in [2.05, 4.69) is 11.2 Å². The standard InChI is InChI=1S/C22H21N3O5/c1-13-14(9-23)4-3-5-17(13)18-6-7-19(21-20(18)29-12-30-21)22(27)25-10-15(24-28-2)8-16(25)11-26/h3-7,16,26H,8,10-12H2,1-2H3/b24-15+/t16-/m0/s1. The Morgan fingerprint density at radius 3 is 2.83 bits per heavy atom. The predicted molar refractivity (Wildman–Crippen MR) is 108 cm³/mol. The summed E-state index contributed by atoms with van der Waals surface area (Å²) in [6.45, 7) is 1.98. The summed E-state index contributed by atoms with van der Waals surface area (Å²) in [6.07, 6.45) is 0.452. The molecule has 0 saturated carbocycles. The van der Waals surface area contributed by atoms with Crippen molar-refractivity contribution in [2.24, 2.45) is 5.16 Å². The van der Waals surface area contributed by atoms with E-state index in [-0.39, 0.29) is 31.9 Å². The summed E-state index contributed by atoms with van der Waals surface area (Å²) in [5.41, 5.74) is 4.07. The maximum absolute atomic E-state index is 13.3. The lowest BCUT2D eigenvalue weighted by Crippen LogP contribution is -2.38. The van der Waals surface area contributed by atoms with E-state index >= 15 is 0 Å². The normalized spacial score (nSPS) is 18.5. The zero-order valence-electron chi connectivity index (χ0n) is 16.7. The largest absolute Gasteiger partial charge is 0.453 e. The van der Waals surface area contributed by atoms with Gasteiger partial charge in [-0.25, -0.2) is 0 Å². The number of amides is 1. The second-order valence-electron chi connectivity index (χ2n) is 7.13. The molecule has 30 heavy (non-hydrogen) atoms. The highest BCUT2D eigenvalue weighted by Gasteiger charge is 2.36. The number of fused-ring (bicyclic) bond motifs is 1. The van der Waals surface area contributed by atoms with E-state index in [4.69, 9.17) is 14.3 Å². The predicted octanol–water partition coefficient (Wildman–Crippen LogP) is 2.47. The summed E-state index contributed by atoms with van der Waals surface area (Å²) in [5.74, 6) is 0.573. The number of hydrogen-bond acceptors (Lipinski definition) is 7. The van der Waals surface area contributed by atoms with Gasteiger partial charge >= 0.3 is 0 Å². The first-order chi connectivity index (χ1) is 14.6. The fourth-order valence-corrected chi connectivity index (χ4v) is 3.95. The van der Waals surface area contributed by atoms with E-state index in [1.807, 2.05) is 19.1 Å². The number of benzene rings is 2. The number of carbonyl (C=O) groups is 1. The fraction of sp³-hybridized carbons (Fsp3) is 0.318. The van der Waals surface area contributed by atoms with Gasteiger partial charge in [0.25, 0.3) is 5.91 Å². The zero-order chi connectivity index (χ0) is 21.3. The van der Waals surface area contributed by atoms with E-state index in [0.717, 1.165) is 16.7 Å². The summed E-state index contributed by atoms with van der Waals surface area (Å²) < 4.78 is 11.4. The van der Waals surface area contributed by atoms with E-state index in [1.165, 1.54) is 7.11 Å². The van der Waals surface area contributed by atoms with Crippen LogP contribution in [0.4, 0.5) is 0 Å². The summed E-state index contributed by atoms with van der Waals surface area (Å²) >= 11 is 0. The molecule has 0 aliphatic carbocycles. The molecule has 1 saturated heterocycles. The number of rotatable bonds is 4. The van der Waals surface area contributed by atoms with Gasteiger partial charge in [0, 0.05) is 12.0 Å². The maximum Gasteiger partial charge on any atom is 0.258 e. The molecular weight excluding hydrogens is 386 g/mol. The zero-order valence-corrected chi connectivity index (χ0v) is 16.7. The van der Waals surface area contributed by atoms with E-state index in [9.17, 15) is 15.2 Å². The van der Waals surface area contributed by atoms with Crippen molar-refractivity contribution < 1.29 is 24.2 Å². The van der Waals surface area contributed by atoms with E-state index in [0.29, 0.717) is 34.8 Å². The average Bonchev–Trinajstić information content (AvgIpc) is 3.40. The molecule has 0 spiro atoms. The Hall–Kier alpha value is -3.57. The van der Waals surface area contributed by atoms with Gasteiger partial charge in [0.15, 0.2) is 11.5 Å². The van der Waals surface area contributed by atoms with Gasteiger partial charge in [-0.2, -0.15) is 5.26 Å². The van der Waals surface area contributed by atoms with Crippen LogP contribution in [0.3, 0.4) is 0 Å². The maximum atomic E-state index is 13.3. The first kappa shape index (κ1) is 19.7. The van der Waals surface area contributed by atoms with Crippen molar-refractivity contribution in [3.05, 3.63) is 47.0 Å². The third-order valence-electron chi connectivity index (χ3n) is 5.45. The Labute approximate surface area is 173 Å². The minimum Gasteiger partial charge on any atom is -0.453 e. The molecule has 1 amide bonds. The van der Waals surface area contributed by atoms with Gasteiger partial charge in [-0.1, -0.05) is 17.3 Å². The van der Waals surface area contributed by atoms with Gasteiger partial charge in [-0.3, -0.25) is 4.79 Å². The Kier molecular flexibility index (Phi) is 5.29. The number of aliphatic hydroxyl groups excluding tert-OH is 1. The minimum atomic E-state index is -0.376. The van der Waals surface area contributed by atoms with Crippen molar-refractivity contribution in [3.8, 4) is 28.7 Å². The molecule has 1 fully saturated rings. The molecule has 0 aromatic heterocycles.